The molecule has 0 unspecified atom stereocenters. The van der Waals surface area contributed by atoms with Gasteiger partial charge in [-0.2, -0.15) is 0 Å². The molecule has 0 fully saturated rings. The molecule has 3 aromatic rings. The summed E-state index contributed by atoms with van der Waals surface area (Å²) in [6.45, 7) is 8.52. The largest absolute Gasteiger partial charge is 0.493 e. The van der Waals surface area contributed by atoms with Crippen molar-refractivity contribution in [3.63, 3.8) is 0 Å². The molecule has 0 atom stereocenters. The Balaban J connectivity index is 1.64. The van der Waals surface area contributed by atoms with Gasteiger partial charge >= 0.3 is 0 Å². The highest BCUT2D eigenvalue weighted by molar-refractivity contribution is 9.10. The molecule has 3 aromatic carbocycles. The van der Waals surface area contributed by atoms with Gasteiger partial charge in [0.15, 0.2) is 5.11 Å². The van der Waals surface area contributed by atoms with Crippen LogP contribution in [-0.4, -0.2) is 26.0 Å². The number of aryl methyl sites for hydroxylation is 2. The highest BCUT2D eigenvalue weighted by Gasteiger charge is 2.17. The van der Waals surface area contributed by atoms with E-state index in [0.29, 0.717) is 35.2 Å². The third kappa shape index (κ3) is 8.55. The summed E-state index contributed by atoms with van der Waals surface area (Å²) < 4.78 is 34.8. The number of halogens is 1. The van der Waals surface area contributed by atoms with Crippen molar-refractivity contribution >= 4 is 60.6 Å². The monoisotopic (exact) mass is 603 g/mol. The molecule has 10 heteroatoms. The summed E-state index contributed by atoms with van der Waals surface area (Å²) in [4.78, 5) is 13.0. The molecular weight excluding hydrogens is 574 g/mol. The summed E-state index contributed by atoms with van der Waals surface area (Å²) >= 11 is 8.69. The van der Waals surface area contributed by atoms with Gasteiger partial charge < -0.3 is 10.1 Å². The first-order valence-electron chi connectivity index (χ1n) is 11.7. The minimum atomic E-state index is -3.77. The Bertz CT molecular complexity index is 1370. The molecule has 3 N–H and O–H groups in total. The van der Waals surface area contributed by atoms with Crippen LogP contribution >= 0.6 is 28.1 Å². The number of amides is 1. The lowest BCUT2D eigenvalue weighted by Crippen LogP contribution is -2.34. The van der Waals surface area contributed by atoms with E-state index in [1.165, 1.54) is 12.1 Å². The first-order chi connectivity index (χ1) is 17.4. The van der Waals surface area contributed by atoms with Gasteiger partial charge in [-0.15, -0.1) is 0 Å². The van der Waals surface area contributed by atoms with E-state index in [-0.39, 0.29) is 10.0 Å². The van der Waals surface area contributed by atoms with Crippen LogP contribution in [0.4, 0.5) is 11.4 Å². The maximum atomic E-state index is 12.9. The van der Waals surface area contributed by atoms with E-state index < -0.39 is 15.9 Å². The van der Waals surface area contributed by atoms with E-state index >= 15 is 0 Å². The summed E-state index contributed by atoms with van der Waals surface area (Å²) in [5, 5.41) is 5.63. The van der Waals surface area contributed by atoms with Crippen molar-refractivity contribution in [1.29, 1.82) is 0 Å². The van der Waals surface area contributed by atoms with Crippen molar-refractivity contribution in [2.24, 2.45) is 5.92 Å². The van der Waals surface area contributed by atoms with Crippen molar-refractivity contribution in [3.05, 3.63) is 81.8 Å². The Hall–Kier alpha value is -2.95. The van der Waals surface area contributed by atoms with Gasteiger partial charge in [-0.1, -0.05) is 35.8 Å². The van der Waals surface area contributed by atoms with Gasteiger partial charge in [-0.3, -0.25) is 14.8 Å². The number of carbonyl (C=O) groups excluding carboxylic acids is 1. The molecule has 37 heavy (non-hydrogen) atoms. The van der Waals surface area contributed by atoms with E-state index in [0.717, 1.165) is 22.0 Å². The van der Waals surface area contributed by atoms with E-state index in [2.05, 4.69) is 45.1 Å². The molecule has 196 valence electrons. The second kappa shape index (κ2) is 12.5. The SMILES string of the molecule is Cc1cc(C)cc(NS(=O)(=O)c2ccc(NC(=S)NC(=O)c3cc(Br)ccc3OCCC(C)C)cc2)c1. The summed E-state index contributed by atoms with van der Waals surface area (Å²) in [7, 11) is -3.77. The summed E-state index contributed by atoms with van der Waals surface area (Å²) in [5.74, 6) is 0.526. The fourth-order valence-corrected chi connectivity index (χ4v) is 5.12. The van der Waals surface area contributed by atoms with Crippen molar-refractivity contribution in [2.75, 3.05) is 16.6 Å². The van der Waals surface area contributed by atoms with Crippen molar-refractivity contribution in [3.8, 4) is 5.75 Å². The van der Waals surface area contributed by atoms with E-state index in [1.54, 1.807) is 36.4 Å². The molecule has 0 aromatic heterocycles. The molecule has 0 aliphatic rings. The summed E-state index contributed by atoms with van der Waals surface area (Å²) in [6, 6.07) is 16.8. The minimum absolute atomic E-state index is 0.0714. The maximum Gasteiger partial charge on any atom is 0.261 e. The summed E-state index contributed by atoms with van der Waals surface area (Å²) in [5.41, 5.74) is 3.30. The summed E-state index contributed by atoms with van der Waals surface area (Å²) in [6.07, 6.45) is 0.864. The van der Waals surface area contributed by atoms with Crippen LogP contribution in [0.5, 0.6) is 5.75 Å². The van der Waals surface area contributed by atoms with Crippen LogP contribution in [0.3, 0.4) is 0 Å². The van der Waals surface area contributed by atoms with E-state index in [1.807, 2.05) is 26.0 Å². The molecule has 0 radical (unpaired) electrons. The zero-order valence-corrected chi connectivity index (χ0v) is 24.3. The third-order valence-electron chi connectivity index (χ3n) is 5.26. The molecule has 0 saturated heterocycles. The Morgan fingerprint density at radius 2 is 1.62 bits per heavy atom. The second-order valence-electron chi connectivity index (χ2n) is 9.09. The number of rotatable bonds is 9. The van der Waals surface area contributed by atoms with Gasteiger partial charge in [-0.25, -0.2) is 8.42 Å². The number of sulfonamides is 1. The number of hydrogen-bond donors (Lipinski definition) is 3. The number of ether oxygens (including phenoxy) is 1. The first kappa shape index (κ1) is 28.6. The topological polar surface area (TPSA) is 96.5 Å². The van der Waals surface area contributed by atoms with Gasteiger partial charge in [0.05, 0.1) is 17.1 Å². The van der Waals surface area contributed by atoms with Gasteiger partial charge in [-0.05, 0) is 104 Å². The number of hydrogen-bond acceptors (Lipinski definition) is 5. The molecule has 0 bridgehead atoms. The molecular formula is C27H30BrN3O4S2. The fraction of sp³-hybridized carbons (Fsp3) is 0.259. The number of thiocarbonyl (C=S) groups is 1. The van der Waals surface area contributed by atoms with Gasteiger partial charge in [0.2, 0.25) is 0 Å². The molecule has 0 aliphatic heterocycles. The van der Waals surface area contributed by atoms with Crippen LogP contribution in [0.1, 0.15) is 41.8 Å². The predicted molar refractivity (Wildman–Crippen MR) is 156 cm³/mol. The predicted octanol–water partition coefficient (Wildman–Crippen LogP) is 6.42. The van der Waals surface area contributed by atoms with E-state index in [4.69, 9.17) is 17.0 Å². The zero-order valence-electron chi connectivity index (χ0n) is 21.1. The van der Waals surface area contributed by atoms with Gasteiger partial charge in [0.25, 0.3) is 15.9 Å². The van der Waals surface area contributed by atoms with Crippen LogP contribution in [0.25, 0.3) is 0 Å². The van der Waals surface area contributed by atoms with Crippen LogP contribution in [-0.2, 0) is 10.0 Å². The fourth-order valence-electron chi connectivity index (χ4n) is 3.51. The van der Waals surface area contributed by atoms with Gasteiger partial charge in [0, 0.05) is 15.8 Å². The van der Waals surface area contributed by atoms with Crippen molar-refractivity contribution < 1.29 is 17.9 Å². The standard InChI is InChI=1S/C27H30BrN3O4S2/c1-17(2)11-12-35-25-10-5-20(28)16-24(25)26(32)30-27(36)29-21-6-8-23(9-7-21)37(33,34)31-22-14-18(3)13-19(4)15-22/h5-10,13-17,31H,11-12H2,1-4H3,(H2,29,30,32,36). The lowest BCUT2D eigenvalue weighted by molar-refractivity contribution is 0.0973. The molecule has 0 aliphatic carbocycles. The lowest BCUT2D eigenvalue weighted by Gasteiger charge is -2.14. The molecule has 1 amide bonds. The normalized spacial score (nSPS) is 11.2. The molecule has 0 heterocycles. The number of benzene rings is 3. The number of carbonyl (C=O) groups is 1. The second-order valence-corrected chi connectivity index (χ2v) is 12.1. The molecule has 7 nitrogen and oxygen atoms in total. The Morgan fingerprint density at radius 3 is 2.24 bits per heavy atom. The molecule has 0 spiro atoms. The Morgan fingerprint density at radius 1 is 0.973 bits per heavy atom. The Labute approximate surface area is 232 Å². The quantitative estimate of drug-likeness (QED) is 0.244. The maximum absolute atomic E-state index is 12.9. The van der Waals surface area contributed by atoms with Crippen molar-refractivity contribution in [2.45, 2.75) is 39.0 Å². The van der Waals surface area contributed by atoms with E-state index in [9.17, 15) is 13.2 Å². The van der Waals surface area contributed by atoms with Crippen LogP contribution in [0.2, 0.25) is 0 Å². The number of nitrogens with one attached hydrogen (secondary N) is 3. The van der Waals surface area contributed by atoms with Crippen molar-refractivity contribution in [1.82, 2.24) is 5.32 Å². The third-order valence-corrected chi connectivity index (χ3v) is 7.36. The molecule has 0 saturated carbocycles. The van der Waals surface area contributed by atoms with Gasteiger partial charge in [0.1, 0.15) is 5.75 Å². The lowest BCUT2D eigenvalue weighted by atomic mass is 10.1. The highest BCUT2D eigenvalue weighted by atomic mass is 79.9. The highest BCUT2D eigenvalue weighted by Crippen LogP contribution is 2.24. The first-order valence-corrected chi connectivity index (χ1v) is 14.4. The average molecular weight is 605 g/mol. The molecule has 3 rings (SSSR count). The van der Waals surface area contributed by atoms with Crippen LogP contribution in [0.15, 0.2) is 70.0 Å². The van der Waals surface area contributed by atoms with Crippen LogP contribution < -0.4 is 20.1 Å². The zero-order chi connectivity index (χ0) is 27.2. The Kier molecular flexibility index (Phi) is 9.69. The average Bonchev–Trinajstić information content (AvgIpc) is 2.79. The van der Waals surface area contributed by atoms with Crippen LogP contribution in [0, 0.1) is 19.8 Å². The number of anilines is 2. The smallest absolute Gasteiger partial charge is 0.261 e. The minimum Gasteiger partial charge on any atom is -0.493 e.